The first-order valence-electron chi connectivity index (χ1n) is 10.0. The number of hydrogen-bond acceptors (Lipinski definition) is 4. The number of rotatable bonds is 3. The molecule has 1 saturated heterocycles. The average molecular weight is 404 g/mol. The van der Waals surface area contributed by atoms with E-state index >= 15 is 0 Å². The Bertz CT molecular complexity index is 1140. The summed E-state index contributed by atoms with van der Waals surface area (Å²) in [6.07, 6.45) is 3.30. The highest BCUT2D eigenvalue weighted by atomic mass is 16.2. The smallest absolute Gasteiger partial charge is 0.295 e. The minimum Gasteiger partial charge on any atom is -0.359 e. The van der Waals surface area contributed by atoms with Crippen LogP contribution in [-0.2, 0) is 4.79 Å². The molecule has 7 heteroatoms. The lowest BCUT2D eigenvalue weighted by Crippen LogP contribution is -2.56. The highest BCUT2D eigenvalue weighted by molar-refractivity contribution is 6.45. The minimum atomic E-state index is -0.538. The van der Waals surface area contributed by atoms with E-state index in [4.69, 9.17) is 0 Å². The molecule has 0 spiro atoms. The molecule has 1 fully saturated rings. The molecule has 4 rings (SSSR count). The SMILES string of the molecule is Cc1ncc(C)c2c(C(=O)C(=O)N3CCN(C(=O)c4ccccc4)C[C@H]3C)c[nH]c12. The maximum atomic E-state index is 13.1. The molecule has 154 valence electrons. The van der Waals surface area contributed by atoms with E-state index in [9.17, 15) is 14.4 Å². The number of nitrogens with one attached hydrogen (secondary N) is 1. The molecular formula is C23H24N4O3. The van der Waals surface area contributed by atoms with Crippen molar-refractivity contribution in [1.29, 1.82) is 0 Å². The molecule has 7 nitrogen and oxygen atoms in total. The number of piperazine rings is 1. The Morgan fingerprint density at radius 3 is 2.53 bits per heavy atom. The van der Waals surface area contributed by atoms with Crippen molar-refractivity contribution in [3.63, 3.8) is 0 Å². The number of ketones is 1. The molecule has 0 bridgehead atoms. The van der Waals surface area contributed by atoms with E-state index in [1.54, 1.807) is 34.3 Å². The number of aryl methyl sites for hydroxylation is 2. The van der Waals surface area contributed by atoms with Crippen LogP contribution in [0.1, 0.15) is 38.9 Å². The number of Topliss-reactive ketones (excluding diaryl/α,β-unsaturated/α-hetero) is 1. The van der Waals surface area contributed by atoms with Gasteiger partial charge in [0.15, 0.2) is 0 Å². The van der Waals surface area contributed by atoms with Gasteiger partial charge >= 0.3 is 0 Å². The number of amides is 2. The first-order valence-corrected chi connectivity index (χ1v) is 10.0. The summed E-state index contributed by atoms with van der Waals surface area (Å²) in [5.74, 6) is -1.13. The molecule has 30 heavy (non-hydrogen) atoms. The van der Waals surface area contributed by atoms with E-state index in [0.717, 1.165) is 22.2 Å². The fraction of sp³-hybridized carbons (Fsp3) is 0.304. The van der Waals surface area contributed by atoms with Crippen LogP contribution in [0.5, 0.6) is 0 Å². The Balaban J connectivity index is 1.52. The van der Waals surface area contributed by atoms with E-state index < -0.39 is 11.7 Å². The predicted molar refractivity (Wildman–Crippen MR) is 113 cm³/mol. The molecule has 1 aromatic carbocycles. The number of carbonyl (C=O) groups is 3. The van der Waals surface area contributed by atoms with E-state index in [1.165, 1.54) is 0 Å². The van der Waals surface area contributed by atoms with Crippen molar-refractivity contribution >= 4 is 28.5 Å². The summed E-state index contributed by atoms with van der Waals surface area (Å²) in [7, 11) is 0. The van der Waals surface area contributed by atoms with Gasteiger partial charge in [-0.25, -0.2) is 0 Å². The number of aromatic nitrogens is 2. The molecule has 3 heterocycles. The molecule has 1 N–H and O–H groups in total. The molecule has 1 atom stereocenters. The van der Waals surface area contributed by atoms with Gasteiger partial charge in [-0.3, -0.25) is 19.4 Å². The Kier molecular flexibility index (Phi) is 5.11. The number of nitrogens with zero attached hydrogens (tertiary/aromatic N) is 3. The molecule has 3 aromatic rings. The zero-order valence-corrected chi connectivity index (χ0v) is 17.3. The van der Waals surface area contributed by atoms with Crippen LogP contribution in [0.25, 0.3) is 10.9 Å². The number of fused-ring (bicyclic) bond motifs is 1. The zero-order chi connectivity index (χ0) is 21.4. The topological polar surface area (TPSA) is 86.4 Å². The zero-order valence-electron chi connectivity index (χ0n) is 17.3. The van der Waals surface area contributed by atoms with Gasteiger partial charge in [-0.1, -0.05) is 18.2 Å². The predicted octanol–water partition coefficient (Wildman–Crippen LogP) is 2.74. The molecule has 1 aliphatic heterocycles. The van der Waals surface area contributed by atoms with Gasteiger partial charge in [0.1, 0.15) is 0 Å². The van der Waals surface area contributed by atoms with Crippen molar-refractivity contribution in [1.82, 2.24) is 19.8 Å². The maximum absolute atomic E-state index is 13.1. The first kappa shape index (κ1) is 19.8. The number of H-pyrrole nitrogens is 1. The molecule has 0 saturated carbocycles. The fourth-order valence-electron chi connectivity index (χ4n) is 4.07. The van der Waals surface area contributed by atoms with Crippen LogP contribution in [0, 0.1) is 13.8 Å². The second-order valence-electron chi connectivity index (χ2n) is 7.77. The van der Waals surface area contributed by atoms with Crippen LogP contribution >= 0.6 is 0 Å². The van der Waals surface area contributed by atoms with Gasteiger partial charge in [-0.15, -0.1) is 0 Å². The summed E-state index contributed by atoms with van der Waals surface area (Å²) in [5, 5.41) is 0.742. The van der Waals surface area contributed by atoms with Crippen LogP contribution < -0.4 is 0 Å². The summed E-state index contributed by atoms with van der Waals surface area (Å²) < 4.78 is 0. The molecular weight excluding hydrogens is 380 g/mol. The normalized spacial score (nSPS) is 16.7. The van der Waals surface area contributed by atoms with E-state index in [0.29, 0.717) is 30.8 Å². The Morgan fingerprint density at radius 2 is 1.83 bits per heavy atom. The monoisotopic (exact) mass is 404 g/mol. The van der Waals surface area contributed by atoms with Gasteiger partial charge in [0, 0.05) is 49.0 Å². The Morgan fingerprint density at radius 1 is 1.10 bits per heavy atom. The van der Waals surface area contributed by atoms with E-state index in [-0.39, 0.29) is 11.9 Å². The second-order valence-corrected chi connectivity index (χ2v) is 7.77. The van der Waals surface area contributed by atoms with Crippen LogP contribution in [0.4, 0.5) is 0 Å². The number of aromatic amines is 1. The van der Waals surface area contributed by atoms with Gasteiger partial charge < -0.3 is 14.8 Å². The largest absolute Gasteiger partial charge is 0.359 e. The minimum absolute atomic E-state index is 0.0592. The quantitative estimate of drug-likeness (QED) is 0.537. The van der Waals surface area contributed by atoms with Crippen molar-refractivity contribution in [2.75, 3.05) is 19.6 Å². The van der Waals surface area contributed by atoms with E-state index in [1.807, 2.05) is 39.0 Å². The highest BCUT2D eigenvalue weighted by Crippen LogP contribution is 2.25. The van der Waals surface area contributed by atoms with Crippen LogP contribution in [0.15, 0.2) is 42.7 Å². The van der Waals surface area contributed by atoms with Crippen molar-refractivity contribution in [3.05, 3.63) is 65.1 Å². The number of carbonyl (C=O) groups excluding carboxylic acids is 3. The molecule has 1 aliphatic rings. The molecule has 2 amide bonds. The van der Waals surface area contributed by atoms with Crippen LogP contribution in [0.3, 0.4) is 0 Å². The standard InChI is InChI=1S/C23H24N4O3/c1-14-11-24-16(3)20-19(14)18(12-25-20)21(28)23(30)27-10-9-26(13-15(27)2)22(29)17-7-5-4-6-8-17/h4-8,11-12,15,25H,9-10,13H2,1-3H3/t15-/m1/s1. The third kappa shape index (κ3) is 3.36. The summed E-state index contributed by atoms with van der Waals surface area (Å²) in [6.45, 7) is 6.71. The average Bonchev–Trinajstić information content (AvgIpc) is 3.22. The van der Waals surface area contributed by atoms with Gasteiger partial charge in [0.25, 0.3) is 17.6 Å². The summed E-state index contributed by atoms with van der Waals surface area (Å²) in [6, 6.07) is 8.84. The van der Waals surface area contributed by atoms with Gasteiger partial charge in [-0.05, 0) is 38.5 Å². The lowest BCUT2D eigenvalue weighted by Gasteiger charge is -2.39. The Labute approximate surface area is 174 Å². The molecule has 0 aliphatic carbocycles. The van der Waals surface area contributed by atoms with E-state index in [2.05, 4.69) is 9.97 Å². The highest BCUT2D eigenvalue weighted by Gasteiger charge is 2.34. The first-order chi connectivity index (χ1) is 14.4. The fourth-order valence-corrected chi connectivity index (χ4v) is 4.07. The lowest BCUT2D eigenvalue weighted by molar-refractivity contribution is -0.130. The molecule has 0 radical (unpaired) electrons. The third-order valence-corrected chi connectivity index (χ3v) is 5.72. The van der Waals surface area contributed by atoms with Gasteiger partial charge in [0.2, 0.25) is 0 Å². The number of pyridine rings is 1. The molecule has 2 aromatic heterocycles. The summed E-state index contributed by atoms with van der Waals surface area (Å²) in [4.78, 5) is 49.5. The van der Waals surface area contributed by atoms with Crippen LogP contribution in [-0.4, -0.2) is 63.0 Å². The van der Waals surface area contributed by atoms with Crippen molar-refractivity contribution in [2.24, 2.45) is 0 Å². The van der Waals surface area contributed by atoms with Crippen molar-refractivity contribution in [3.8, 4) is 0 Å². The summed E-state index contributed by atoms with van der Waals surface area (Å²) in [5.41, 5.74) is 3.40. The lowest BCUT2D eigenvalue weighted by atomic mass is 10.0. The summed E-state index contributed by atoms with van der Waals surface area (Å²) >= 11 is 0. The van der Waals surface area contributed by atoms with Gasteiger partial charge in [0.05, 0.1) is 16.8 Å². The second kappa shape index (κ2) is 7.74. The third-order valence-electron chi connectivity index (χ3n) is 5.72. The van der Waals surface area contributed by atoms with Crippen molar-refractivity contribution in [2.45, 2.75) is 26.8 Å². The van der Waals surface area contributed by atoms with Crippen molar-refractivity contribution < 1.29 is 14.4 Å². The maximum Gasteiger partial charge on any atom is 0.295 e. The van der Waals surface area contributed by atoms with Crippen LogP contribution in [0.2, 0.25) is 0 Å². The molecule has 0 unspecified atom stereocenters. The van der Waals surface area contributed by atoms with Gasteiger partial charge in [-0.2, -0.15) is 0 Å². The Hall–Kier alpha value is -3.48. The number of benzene rings is 1. The number of hydrogen-bond donors (Lipinski definition) is 1.